The first-order valence-electron chi connectivity index (χ1n) is 6.96. The predicted molar refractivity (Wildman–Crippen MR) is 75.1 cm³/mol. The van der Waals surface area contributed by atoms with E-state index < -0.39 is 5.97 Å². The van der Waals surface area contributed by atoms with Gasteiger partial charge in [0.05, 0.1) is 18.4 Å². The first-order valence-corrected chi connectivity index (χ1v) is 7.84. The average molecular weight is 297 g/mol. The smallest absolute Gasteiger partial charge is 0.365 e. The van der Waals surface area contributed by atoms with Crippen LogP contribution in [0.1, 0.15) is 28.3 Å². The molecule has 2 aliphatic heterocycles. The van der Waals surface area contributed by atoms with Crippen molar-refractivity contribution in [1.82, 2.24) is 15.2 Å². The van der Waals surface area contributed by atoms with Crippen LogP contribution in [0.5, 0.6) is 0 Å². The van der Waals surface area contributed by atoms with Crippen LogP contribution in [0, 0.1) is 0 Å². The molecule has 2 aliphatic rings. The summed E-state index contributed by atoms with van der Waals surface area (Å²) in [6.07, 6.45) is 2.77. The summed E-state index contributed by atoms with van der Waals surface area (Å²) >= 11 is 1.17. The third-order valence-electron chi connectivity index (χ3n) is 3.87. The van der Waals surface area contributed by atoms with Crippen molar-refractivity contribution >= 4 is 17.3 Å². The number of carbonyl (C=O) groups is 1. The molecule has 110 valence electrons. The predicted octanol–water partition coefficient (Wildman–Crippen LogP) is 0.794. The SMILES string of the molecule is O=C(O)c1nc(CNCC2CN3CCCC3CO2)cs1. The molecule has 2 saturated heterocycles. The summed E-state index contributed by atoms with van der Waals surface area (Å²) in [6, 6.07) is 0.628. The fraction of sp³-hybridized carbons (Fsp3) is 0.692. The summed E-state index contributed by atoms with van der Waals surface area (Å²) < 4.78 is 5.86. The van der Waals surface area contributed by atoms with Crippen molar-refractivity contribution in [3.05, 3.63) is 16.1 Å². The van der Waals surface area contributed by atoms with Crippen LogP contribution < -0.4 is 5.32 Å². The summed E-state index contributed by atoms with van der Waals surface area (Å²) in [5.41, 5.74) is 0.780. The zero-order valence-electron chi connectivity index (χ0n) is 11.2. The molecular weight excluding hydrogens is 278 g/mol. The van der Waals surface area contributed by atoms with Crippen molar-refractivity contribution < 1.29 is 14.6 Å². The molecular formula is C13H19N3O3S. The Labute approximate surface area is 121 Å². The molecule has 0 aromatic carbocycles. The van der Waals surface area contributed by atoms with Crippen molar-refractivity contribution in [2.24, 2.45) is 0 Å². The molecule has 2 atom stereocenters. The van der Waals surface area contributed by atoms with E-state index in [1.165, 1.54) is 30.7 Å². The van der Waals surface area contributed by atoms with E-state index in [0.29, 0.717) is 12.6 Å². The number of nitrogens with zero attached hydrogens (tertiary/aromatic N) is 2. The highest BCUT2D eigenvalue weighted by atomic mass is 32.1. The van der Waals surface area contributed by atoms with Gasteiger partial charge in [0.1, 0.15) is 0 Å². The number of aromatic nitrogens is 1. The fourth-order valence-electron chi connectivity index (χ4n) is 2.86. The number of thiazole rings is 1. The van der Waals surface area contributed by atoms with E-state index in [1.54, 1.807) is 5.38 Å². The van der Waals surface area contributed by atoms with Gasteiger partial charge in [-0.1, -0.05) is 0 Å². The van der Waals surface area contributed by atoms with Crippen LogP contribution in [0.15, 0.2) is 5.38 Å². The number of nitrogens with one attached hydrogen (secondary N) is 1. The minimum Gasteiger partial charge on any atom is -0.476 e. The molecule has 0 saturated carbocycles. The summed E-state index contributed by atoms with van der Waals surface area (Å²) in [4.78, 5) is 17.3. The Kier molecular flexibility index (Phi) is 4.30. The number of carboxylic acids is 1. The quantitative estimate of drug-likeness (QED) is 0.837. The lowest BCUT2D eigenvalue weighted by Crippen LogP contribution is -2.49. The lowest BCUT2D eigenvalue weighted by atomic mass is 10.2. The normalized spacial score (nSPS) is 26.6. The van der Waals surface area contributed by atoms with Gasteiger partial charge >= 0.3 is 5.97 Å². The summed E-state index contributed by atoms with van der Waals surface area (Å²) in [6.45, 7) is 4.40. The van der Waals surface area contributed by atoms with Crippen LogP contribution >= 0.6 is 11.3 Å². The molecule has 0 aliphatic carbocycles. The second-order valence-corrected chi connectivity index (χ2v) is 6.18. The van der Waals surface area contributed by atoms with Gasteiger partial charge in [0.15, 0.2) is 0 Å². The lowest BCUT2D eigenvalue weighted by molar-refractivity contribution is -0.0470. The number of ether oxygens (including phenoxy) is 1. The molecule has 0 amide bonds. The molecule has 2 unspecified atom stereocenters. The first kappa shape index (κ1) is 13.9. The molecule has 1 aromatic heterocycles. The van der Waals surface area contributed by atoms with Crippen LogP contribution in [0.3, 0.4) is 0 Å². The van der Waals surface area contributed by atoms with Gasteiger partial charge in [-0.3, -0.25) is 4.90 Å². The Morgan fingerprint density at radius 1 is 1.65 bits per heavy atom. The molecule has 3 heterocycles. The van der Waals surface area contributed by atoms with E-state index in [4.69, 9.17) is 9.84 Å². The number of hydrogen-bond donors (Lipinski definition) is 2. The van der Waals surface area contributed by atoms with Gasteiger partial charge in [-0.15, -0.1) is 11.3 Å². The maximum atomic E-state index is 10.7. The molecule has 0 radical (unpaired) electrons. The standard InChI is InChI=1S/C13H19N3O3S/c17-13(18)12-15-9(8-20-12)4-14-5-11-6-16-3-1-2-10(16)7-19-11/h8,10-11,14H,1-7H2,(H,17,18). The molecule has 20 heavy (non-hydrogen) atoms. The minimum atomic E-state index is -0.961. The maximum Gasteiger partial charge on any atom is 0.365 e. The molecule has 1 aromatic rings. The number of hydrogen-bond acceptors (Lipinski definition) is 6. The summed E-state index contributed by atoms with van der Waals surface area (Å²) in [5, 5.41) is 14.1. The van der Waals surface area contributed by atoms with E-state index in [9.17, 15) is 4.79 Å². The molecule has 7 heteroatoms. The van der Waals surface area contributed by atoms with Crippen LogP contribution in [0.25, 0.3) is 0 Å². The van der Waals surface area contributed by atoms with E-state index in [2.05, 4.69) is 15.2 Å². The molecule has 0 spiro atoms. The topological polar surface area (TPSA) is 74.7 Å². The fourth-order valence-corrected chi connectivity index (χ4v) is 3.51. The minimum absolute atomic E-state index is 0.149. The molecule has 2 fully saturated rings. The van der Waals surface area contributed by atoms with Gasteiger partial charge in [-0.2, -0.15) is 0 Å². The third kappa shape index (κ3) is 3.17. The Balaban J connectivity index is 1.42. The summed E-state index contributed by atoms with van der Waals surface area (Å²) in [7, 11) is 0. The summed E-state index contributed by atoms with van der Waals surface area (Å²) in [5.74, 6) is -0.961. The second-order valence-electron chi connectivity index (χ2n) is 5.33. The second kappa shape index (κ2) is 6.17. The van der Waals surface area contributed by atoms with Gasteiger partial charge in [0, 0.05) is 31.1 Å². The zero-order chi connectivity index (χ0) is 13.9. The van der Waals surface area contributed by atoms with Gasteiger partial charge in [0.25, 0.3) is 0 Å². The van der Waals surface area contributed by atoms with E-state index in [0.717, 1.165) is 25.4 Å². The Hall–Kier alpha value is -1.02. The Bertz CT molecular complexity index is 479. The number of rotatable bonds is 5. The average Bonchev–Trinajstić information content (AvgIpc) is 3.06. The Morgan fingerprint density at radius 3 is 3.35 bits per heavy atom. The van der Waals surface area contributed by atoms with Crippen molar-refractivity contribution in [2.45, 2.75) is 31.5 Å². The lowest BCUT2D eigenvalue weighted by Gasteiger charge is -2.35. The monoisotopic (exact) mass is 297 g/mol. The first-order chi connectivity index (χ1) is 9.72. The van der Waals surface area contributed by atoms with Crippen LogP contribution in [-0.4, -0.2) is 59.3 Å². The highest BCUT2D eigenvalue weighted by molar-refractivity contribution is 7.11. The van der Waals surface area contributed by atoms with Crippen LogP contribution in [-0.2, 0) is 11.3 Å². The highest BCUT2D eigenvalue weighted by Crippen LogP contribution is 2.22. The largest absolute Gasteiger partial charge is 0.476 e. The zero-order valence-corrected chi connectivity index (χ0v) is 12.1. The van der Waals surface area contributed by atoms with Crippen LogP contribution in [0.4, 0.5) is 0 Å². The van der Waals surface area contributed by atoms with Crippen LogP contribution in [0.2, 0.25) is 0 Å². The highest BCUT2D eigenvalue weighted by Gasteiger charge is 2.31. The Morgan fingerprint density at radius 2 is 2.55 bits per heavy atom. The van der Waals surface area contributed by atoms with E-state index >= 15 is 0 Å². The van der Waals surface area contributed by atoms with Gasteiger partial charge in [-0.05, 0) is 19.4 Å². The van der Waals surface area contributed by atoms with Crippen molar-refractivity contribution in [2.75, 3.05) is 26.2 Å². The third-order valence-corrected chi connectivity index (χ3v) is 4.75. The van der Waals surface area contributed by atoms with Gasteiger partial charge < -0.3 is 15.2 Å². The molecule has 3 rings (SSSR count). The van der Waals surface area contributed by atoms with Gasteiger partial charge in [-0.25, -0.2) is 9.78 Å². The number of aromatic carboxylic acids is 1. The molecule has 0 bridgehead atoms. The van der Waals surface area contributed by atoms with E-state index in [-0.39, 0.29) is 11.1 Å². The number of carboxylic acid groups (broad SMARTS) is 1. The number of fused-ring (bicyclic) bond motifs is 1. The van der Waals surface area contributed by atoms with Crippen molar-refractivity contribution in [1.29, 1.82) is 0 Å². The molecule has 6 nitrogen and oxygen atoms in total. The number of morpholine rings is 1. The van der Waals surface area contributed by atoms with Gasteiger partial charge in [0.2, 0.25) is 5.01 Å². The van der Waals surface area contributed by atoms with Crippen molar-refractivity contribution in [3.8, 4) is 0 Å². The van der Waals surface area contributed by atoms with Crippen molar-refractivity contribution in [3.63, 3.8) is 0 Å². The van der Waals surface area contributed by atoms with E-state index in [1.807, 2.05) is 0 Å². The maximum absolute atomic E-state index is 10.7. The molecule has 2 N–H and O–H groups in total.